The topological polar surface area (TPSA) is 106 Å². The molecule has 0 aliphatic heterocycles. The van der Waals surface area contributed by atoms with E-state index < -0.39 is 29.6 Å². The number of amides is 3. The number of carbonyl (C=O) groups is 3. The van der Waals surface area contributed by atoms with Crippen molar-refractivity contribution in [3.8, 4) is 11.5 Å². The highest BCUT2D eigenvalue weighted by atomic mass is 19.1. The van der Waals surface area contributed by atoms with Crippen LogP contribution in [0.1, 0.15) is 34.6 Å². The predicted molar refractivity (Wildman–Crippen MR) is 108 cm³/mol. The van der Waals surface area contributed by atoms with Crippen molar-refractivity contribution in [3.05, 3.63) is 59.4 Å². The van der Waals surface area contributed by atoms with Crippen molar-refractivity contribution in [3.63, 3.8) is 0 Å². The average molecular weight is 417 g/mol. The molecule has 0 spiro atoms. The van der Waals surface area contributed by atoms with Crippen molar-refractivity contribution in [1.29, 1.82) is 0 Å². The third-order valence-electron chi connectivity index (χ3n) is 4.26. The molecule has 0 saturated heterocycles. The summed E-state index contributed by atoms with van der Waals surface area (Å²) in [4.78, 5) is 37.3. The van der Waals surface area contributed by atoms with E-state index in [1.807, 2.05) is 0 Å². The van der Waals surface area contributed by atoms with Crippen molar-refractivity contribution in [2.45, 2.75) is 19.9 Å². The van der Waals surface area contributed by atoms with Crippen LogP contribution in [0.4, 0.5) is 4.39 Å². The Hall–Kier alpha value is -3.62. The predicted octanol–water partition coefficient (Wildman–Crippen LogP) is 2.06. The van der Waals surface area contributed by atoms with Gasteiger partial charge in [0.15, 0.2) is 0 Å². The lowest BCUT2D eigenvalue weighted by Crippen LogP contribution is -2.54. The van der Waals surface area contributed by atoms with Gasteiger partial charge in [0.2, 0.25) is 0 Å². The van der Waals surface area contributed by atoms with Crippen LogP contribution in [0.2, 0.25) is 0 Å². The van der Waals surface area contributed by atoms with Gasteiger partial charge < -0.3 is 14.8 Å². The van der Waals surface area contributed by atoms with Crippen molar-refractivity contribution < 1.29 is 28.2 Å². The molecule has 30 heavy (non-hydrogen) atoms. The average Bonchev–Trinajstić information content (AvgIpc) is 2.75. The molecule has 0 bridgehead atoms. The second-order valence-electron chi connectivity index (χ2n) is 6.75. The van der Waals surface area contributed by atoms with Crippen LogP contribution in [-0.4, -0.2) is 38.0 Å². The van der Waals surface area contributed by atoms with E-state index in [4.69, 9.17) is 9.47 Å². The lowest BCUT2D eigenvalue weighted by Gasteiger charge is -2.22. The second kappa shape index (κ2) is 10.2. The number of halogens is 1. The van der Waals surface area contributed by atoms with Gasteiger partial charge in [-0.05, 0) is 42.3 Å². The molecule has 0 saturated carbocycles. The van der Waals surface area contributed by atoms with Gasteiger partial charge in [-0.15, -0.1) is 0 Å². The number of carbonyl (C=O) groups excluding carboxylic acids is 3. The van der Waals surface area contributed by atoms with E-state index in [9.17, 15) is 18.8 Å². The Morgan fingerprint density at radius 2 is 1.40 bits per heavy atom. The zero-order valence-corrected chi connectivity index (χ0v) is 17.1. The zero-order valence-electron chi connectivity index (χ0n) is 17.1. The summed E-state index contributed by atoms with van der Waals surface area (Å²) >= 11 is 0. The van der Waals surface area contributed by atoms with Gasteiger partial charge in [0, 0.05) is 17.2 Å². The summed E-state index contributed by atoms with van der Waals surface area (Å²) in [6, 6.07) is 8.57. The van der Waals surface area contributed by atoms with Crippen LogP contribution in [0.5, 0.6) is 11.5 Å². The first kappa shape index (κ1) is 22.7. The van der Waals surface area contributed by atoms with Gasteiger partial charge in [0.25, 0.3) is 17.7 Å². The summed E-state index contributed by atoms with van der Waals surface area (Å²) < 4.78 is 23.3. The van der Waals surface area contributed by atoms with E-state index in [0.717, 1.165) is 12.1 Å². The molecule has 3 amide bonds. The minimum Gasteiger partial charge on any atom is -0.497 e. The summed E-state index contributed by atoms with van der Waals surface area (Å²) in [6.45, 7) is 3.50. The molecule has 160 valence electrons. The quantitative estimate of drug-likeness (QED) is 0.598. The van der Waals surface area contributed by atoms with Gasteiger partial charge in [0.1, 0.15) is 23.4 Å². The Morgan fingerprint density at radius 3 is 1.90 bits per heavy atom. The molecule has 0 fully saturated rings. The van der Waals surface area contributed by atoms with E-state index >= 15 is 0 Å². The minimum absolute atomic E-state index is 0.172. The van der Waals surface area contributed by atoms with Gasteiger partial charge in [-0.25, -0.2) is 4.39 Å². The lowest BCUT2D eigenvalue weighted by atomic mass is 10.0. The Bertz CT molecular complexity index is 893. The molecule has 1 atom stereocenters. The fourth-order valence-corrected chi connectivity index (χ4v) is 2.57. The Balaban J connectivity index is 2.06. The highest BCUT2D eigenvalue weighted by Gasteiger charge is 2.25. The number of nitrogens with one attached hydrogen (secondary N) is 3. The molecule has 2 aromatic rings. The molecular formula is C21H24FN3O5. The van der Waals surface area contributed by atoms with E-state index in [-0.39, 0.29) is 17.0 Å². The van der Waals surface area contributed by atoms with Crippen molar-refractivity contribution in [1.82, 2.24) is 16.2 Å². The first-order valence-electron chi connectivity index (χ1n) is 9.14. The fourth-order valence-electron chi connectivity index (χ4n) is 2.57. The molecule has 9 heteroatoms. The summed E-state index contributed by atoms with van der Waals surface area (Å²) in [5.74, 6) is -1.63. The molecule has 1 unspecified atom stereocenters. The molecular weight excluding hydrogens is 393 g/mol. The van der Waals surface area contributed by atoms with E-state index in [1.54, 1.807) is 19.9 Å². The zero-order chi connectivity index (χ0) is 22.3. The smallest absolute Gasteiger partial charge is 0.269 e. The molecule has 0 aliphatic carbocycles. The van der Waals surface area contributed by atoms with Gasteiger partial charge in [-0.1, -0.05) is 13.8 Å². The number of benzene rings is 2. The molecule has 0 heterocycles. The maximum Gasteiger partial charge on any atom is 0.269 e. The first-order chi connectivity index (χ1) is 14.2. The Morgan fingerprint density at radius 1 is 0.833 bits per heavy atom. The monoisotopic (exact) mass is 417 g/mol. The number of rotatable bonds is 7. The van der Waals surface area contributed by atoms with Crippen LogP contribution in [-0.2, 0) is 4.79 Å². The van der Waals surface area contributed by atoms with Gasteiger partial charge >= 0.3 is 0 Å². The second-order valence-corrected chi connectivity index (χ2v) is 6.75. The van der Waals surface area contributed by atoms with Gasteiger partial charge in [0.05, 0.1) is 14.2 Å². The highest BCUT2D eigenvalue weighted by molar-refractivity contribution is 5.99. The van der Waals surface area contributed by atoms with Crippen molar-refractivity contribution >= 4 is 17.7 Å². The molecule has 3 N–H and O–H groups in total. The number of ether oxygens (including phenoxy) is 2. The maximum atomic E-state index is 13.0. The molecule has 2 rings (SSSR count). The SMILES string of the molecule is COc1cc(OC)cc(C(=O)NC(C(=O)NNC(=O)c2ccc(F)cc2)C(C)C)c1. The van der Waals surface area contributed by atoms with Crippen LogP contribution < -0.4 is 25.6 Å². The number of hydrazine groups is 1. The molecule has 0 aromatic heterocycles. The number of hydrogen-bond donors (Lipinski definition) is 3. The largest absolute Gasteiger partial charge is 0.497 e. The fraction of sp³-hybridized carbons (Fsp3) is 0.286. The highest BCUT2D eigenvalue weighted by Crippen LogP contribution is 2.22. The Kier molecular flexibility index (Phi) is 7.74. The van der Waals surface area contributed by atoms with Gasteiger partial charge in [-0.3, -0.25) is 25.2 Å². The maximum absolute atomic E-state index is 13.0. The molecule has 8 nitrogen and oxygen atoms in total. The van der Waals surface area contributed by atoms with Crippen LogP contribution in [0.3, 0.4) is 0 Å². The van der Waals surface area contributed by atoms with Gasteiger partial charge in [-0.2, -0.15) is 0 Å². The minimum atomic E-state index is -0.928. The van der Waals surface area contributed by atoms with E-state index in [2.05, 4.69) is 16.2 Å². The van der Waals surface area contributed by atoms with Crippen molar-refractivity contribution in [2.24, 2.45) is 5.92 Å². The molecule has 0 radical (unpaired) electrons. The van der Waals surface area contributed by atoms with Crippen LogP contribution in [0.15, 0.2) is 42.5 Å². The molecule has 2 aromatic carbocycles. The number of hydrogen-bond acceptors (Lipinski definition) is 5. The van der Waals surface area contributed by atoms with Crippen LogP contribution in [0.25, 0.3) is 0 Å². The van der Waals surface area contributed by atoms with E-state index in [1.165, 1.54) is 38.5 Å². The third-order valence-corrected chi connectivity index (χ3v) is 4.26. The lowest BCUT2D eigenvalue weighted by molar-refractivity contribution is -0.124. The number of methoxy groups -OCH3 is 2. The Labute approximate surface area is 173 Å². The summed E-state index contributed by atoms with van der Waals surface area (Å²) in [7, 11) is 2.93. The summed E-state index contributed by atoms with van der Waals surface area (Å²) in [6.07, 6.45) is 0. The van der Waals surface area contributed by atoms with Crippen LogP contribution >= 0.6 is 0 Å². The summed E-state index contributed by atoms with van der Waals surface area (Å²) in [5, 5.41) is 2.64. The summed E-state index contributed by atoms with van der Waals surface area (Å²) in [5.41, 5.74) is 4.95. The molecule has 0 aliphatic rings. The normalized spacial score (nSPS) is 11.4. The van der Waals surface area contributed by atoms with Crippen molar-refractivity contribution in [2.75, 3.05) is 14.2 Å². The third kappa shape index (κ3) is 5.94. The van der Waals surface area contributed by atoms with Crippen LogP contribution in [0, 0.1) is 11.7 Å². The van der Waals surface area contributed by atoms with E-state index in [0.29, 0.717) is 11.5 Å². The standard InChI is InChI=1S/C21H24FN3O5/c1-12(2)18(21(28)25-24-20(27)13-5-7-15(22)8-6-13)23-19(26)14-9-16(29-3)11-17(10-14)30-4/h5-12,18H,1-4H3,(H,23,26)(H,24,27)(H,25,28). The first-order valence-corrected chi connectivity index (χ1v) is 9.14.